The Balaban J connectivity index is 1.29. The molecule has 2 N–H and O–H groups in total. The molecule has 41 heavy (non-hydrogen) atoms. The third-order valence-electron chi connectivity index (χ3n) is 8.58. The van der Waals surface area contributed by atoms with Crippen LogP contribution in [-0.2, 0) is 30.4 Å². The van der Waals surface area contributed by atoms with Crippen molar-refractivity contribution < 1.29 is 27.2 Å². The number of rotatable bonds is 5. The standard InChI is InChI=1S/C29H30F4N6O2/c30-22-11-10-18(15-23-19-8-4-5-9-20(19)26(40)36-34-23)14-21(22)27(41)38-12-13-39-25(35-37-28(39)29(31,32)33)24(38)16-17-6-2-1-3-7-17/h1-3,6-7,10-11,14,19-20,23-24,34H,4-5,8-9,12-13,15-16H2,(H,36,40). The van der Waals surface area contributed by atoms with E-state index in [-0.39, 0.29) is 54.7 Å². The summed E-state index contributed by atoms with van der Waals surface area (Å²) in [6.45, 7) is -0.224. The number of nitrogens with zero attached hydrogens (tertiary/aromatic N) is 4. The quantitative estimate of drug-likeness (QED) is 0.448. The molecule has 4 atom stereocenters. The normalized spacial score (nSPS) is 24.4. The molecule has 2 amide bonds. The lowest BCUT2D eigenvalue weighted by Gasteiger charge is -2.41. The van der Waals surface area contributed by atoms with Crippen LogP contribution < -0.4 is 10.9 Å². The van der Waals surface area contributed by atoms with Gasteiger partial charge in [0.2, 0.25) is 11.7 Å². The summed E-state index contributed by atoms with van der Waals surface area (Å²) < 4.78 is 57.0. The van der Waals surface area contributed by atoms with Gasteiger partial charge >= 0.3 is 6.18 Å². The van der Waals surface area contributed by atoms with Crippen molar-refractivity contribution >= 4 is 11.8 Å². The zero-order chi connectivity index (χ0) is 28.7. The summed E-state index contributed by atoms with van der Waals surface area (Å²) in [5.41, 5.74) is 7.25. The molecule has 3 aromatic rings. The highest BCUT2D eigenvalue weighted by Gasteiger charge is 2.44. The number of aromatic nitrogens is 3. The van der Waals surface area contributed by atoms with Crippen LogP contribution in [0.25, 0.3) is 0 Å². The van der Waals surface area contributed by atoms with E-state index in [1.807, 2.05) is 18.2 Å². The molecule has 3 aliphatic rings. The zero-order valence-corrected chi connectivity index (χ0v) is 22.2. The molecule has 2 aromatic carbocycles. The van der Waals surface area contributed by atoms with E-state index in [0.29, 0.717) is 6.42 Å². The summed E-state index contributed by atoms with van der Waals surface area (Å²) in [6, 6.07) is 12.5. The van der Waals surface area contributed by atoms with Crippen LogP contribution in [0.4, 0.5) is 17.6 Å². The number of amides is 2. The van der Waals surface area contributed by atoms with Gasteiger partial charge in [-0.15, -0.1) is 10.2 Å². The Morgan fingerprint density at radius 1 is 0.976 bits per heavy atom. The van der Waals surface area contributed by atoms with Crippen LogP contribution in [0.3, 0.4) is 0 Å². The van der Waals surface area contributed by atoms with Gasteiger partial charge in [0.15, 0.2) is 5.82 Å². The second-order valence-electron chi connectivity index (χ2n) is 11.0. The highest BCUT2D eigenvalue weighted by Crippen LogP contribution is 2.37. The third kappa shape index (κ3) is 5.32. The number of carbonyl (C=O) groups is 2. The summed E-state index contributed by atoms with van der Waals surface area (Å²) in [6.07, 6.45) is -0.220. The fourth-order valence-electron chi connectivity index (χ4n) is 6.58. The highest BCUT2D eigenvalue weighted by atomic mass is 19.4. The lowest BCUT2D eigenvalue weighted by atomic mass is 9.72. The number of hydrogen-bond acceptors (Lipinski definition) is 5. The molecule has 0 bridgehead atoms. The molecule has 2 aliphatic heterocycles. The Labute approximate surface area is 234 Å². The SMILES string of the molecule is O=C1NNC(Cc2ccc(F)c(C(=O)N3CCn4c(nnc4C(F)(F)F)C3Cc3ccccc3)c2)C2CCCCC12. The van der Waals surface area contributed by atoms with E-state index in [1.54, 1.807) is 18.2 Å². The van der Waals surface area contributed by atoms with Gasteiger partial charge in [0.1, 0.15) is 5.82 Å². The van der Waals surface area contributed by atoms with Gasteiger partial charge in [0, 0.05) is 31.5 Å². The smallest absolute Gasteiger partial charge is 0.326 e. The van der Waals surface area contributed by atoms with Gasteiger partial charge in [0.05, 0.1) is 11.6 Å². The van der Waals surface area contributed by atoms with E-state index in [0.717, 1.165) is 41.4 Å². The second-order valence-corrected chi connectivity index (χ2v) is 11.0. The van der Waals surface area contributed by atoms with Crippen LogP contribution in [0.2, 0.25) is 0 Å². The van der Waals surface area contributed by atoms with Crippen molar-refractivity contribution in [2.75, 3.05) is 6.54 Å². The molecule has 216 valence electrons. The first-order valence-corrected chi connectivity index (χ1v) is 13.9. The first kappa shape index (κ1) is 27.4. The average molecular weight is 571 g/mol. The molecule has 6 rings (SSSR count). The highest BCUT2D eigenvalue weighted by molar-refractivity contribution is 5.95. The molecular weight excluding hydrogens is 540 g/mol. The molecular formula is C29H30F4N6O2. The number of benzene rings is 2. The van der Waals surface area contributed by atoms with Gasteiger partial charge in [-0.05, 0) is 48.4 Å². The van der Waals surface area contributed by atoms with E-state index in [2.05, 4.69) is 21.0 Å². The van der Waals surface area contributed by atoms with Crippen molar-refractivity contribution in [1.29, 1.82) is 0 Å². The molecule has 0 radical (unpaired) electrons. The fourth-order valence-corrected chi connectivity index (χ4v) is 6.58. The lowest BCUT2D eigenvalue weighted by molar-refractivity contribution is -0.148. The third-order valence-corrected chi connectivity index (χ3v) is 8.58. The minimum Gasteiger partial charge on any atom is -0.326 e. The van der Waals surface area contributed by atoms with Gasteiger partial charge < -0.3 is 9.47 Å². The van der Waals surface area contributed by atoms with Crippen molar-refractivity contribution in [2.24, 2.45) is 11.8 Å². The molecule has 1 saturated carbocycles. The van der Waals surface area contributed by atoms with Crippen LogP contribution in [-0.4, -0.2) is 44.1 Å². The molecule has 1 aromatic heterocycles. The topological polar surface area (TPSA) is 92.2 Å². The Morgan fingerprint density at radius 3 is 2.54 bits per heavy atom. The molecule has 2 fully saturated rings. The minimum atomic E-state index is -4.70. The Kier molecular flexibility index (Phi) is 7.27. The molecule has 3 heterocycles. The Bertz CT molecular complexity index is 1440. The van der Waals surface area contributed by atoms with E-state index in [1.165, 1.54) is 17.0 Å². The zero-order valence-electron chi connectivity index (χ0n) is 22.2. The number of carbonyl (C=O) groups excluding carboxylic acids is 2. The number of fused-ring (bicyclic) bond motifs is 2. The predicted octanol–water partition coefficient (Wildman–Crippen LogP) is 4.23. The summed E-state index contributed by atoms with van der Waals surface area (Å²) in [5.74, 6) is -2.34. The average Bonchev–Trinajstić information content (AvgIpc) is 3.42. The number of nitrogens with one attached hydrogen (secondary N) is 2. The van der Waals surface area contributed by atoms with E-state index < -0.39 is 29.8 Å². The number of alkyl halides is 3. The number of halogens is 4. The van der Waals surface area contributed by atoms with Crippen molar-refractivity contribution in [1.82, 2.24) is 30.5 Å². The van der Waals surface area contributed by atoms with Crippen molar-refractivity contribution in [3.8, 4) is 0 Å². The maximum absolute atomic E-state index is 15.2. The van der Waals surface area contributed by atoms with Gasteiger partial charge in [-0.25, -0.2) is 9.82 Å². The summed E-state index contributed by atoms with van der Waals surface area (Å²) in [4.78, 5) is 27.6. The monoisotopic (exact) mass is 570 g/mol. The first-order valence-electron chi connectivity index (χ1n) is 13.9. The largest absolute Gasteiger partial charge is 0.451 e. The maximum atomic E-state index is 15.2. The van der Waals surface area contributed by atoms with Gasteiger partial charge in [0.25, 0.3) is 5.91 Å². The fraction of sp³-hybridized carbons (Fsp3) is 0.448. The second kappa shape index (κ2) is 10.9. The molecule has 8 nitrogen and oxygen atoms in total. The Morgan fingerprint density at radius 2 is 1.76 bits per heavy atom. The van der Waals surface area contributed by atoms with Gasteiger partial charge in [-0.2, -0.15) is 13.2 Å². The van der Waals surface area contributed by atoms with Crippen molar-refractivity contribution in [3.63, 3.8) is 0 Å². The van der Waals surface area contributed by atoms with Gasteiger partial charge in [-0.3, -0.25) is 15.0 Å². The maximum Gasteiger partial charge on any atom is 0.451 e. The number of hydrogen-bond donors (Lipinski definition) is 2. The first-order chi connectivity index (χ1) is 19.7. The Hall–Kier alpha value is -3.80. The van der Waals surface area contributed by atoms with Crippen molar-refractivity contribution in [2.45, 2.75) is 63.3 Å². The number of hydrazine groups is 1. The van der Waals surface area contributed by atoms with E-state index in [9.17, 15) is 22.8 Å². The lowest BCUT2D eigenvalue weighted by Crippen LogP contribution is -2.60. The van der Waals surface area contributed by atoms with E-state index in [4.69, 9.17) is 0 Å². The summed E-state index contributed by atoms with van der Waals surface area (Å²) in [5, 5.41) is 7.25. The molecule has 4 unspecified atom stereocenters. The predicted molar refractivity (Wildman–Crippen MR) is 140 cm³/mol. The van der Waals surface area contributed by atoms with Crippen molar-refractivity contribution in [3.05, 3.63) is 82.7 Å². The van der Waals surface area contributed by atoms with Crippen LogP contribution in [0, 0.1) is 17.7 Å². The molecule has 1 saturated heterocycles. The van der Waals surface area contributed by atoms with Crippen LogP contribution in [0.1, 0.15) is 64.9 Å². The van der Waals surface area contributed by atoms with Gasteiger partial charge in [-0.1, -0.05) is 49.2 Å². The molecule has 0 spiro atoms. The van der Waals surface area contributed by atoms with Crippen LogP contribution >= 0.6 is 0 Å². The summed E-state index contributed by atoms with van der Waals surface area (Å²) in [7, 11) is 0. The summed E-state index contributed by atoms with van der Waals surface area (Å²) >= 11 is 0. The molecule has 12 heteroatoms. The van der Waals surface area contributed by atoms with E-state index >= 15 is 4.39 Å². The molecule has 1 aliphatic carbocycles. The van der Waals surface area contributed by atoms with Crippen LogP contribution in [0.15, 0.2) is 48.5 Å². The van der Waals surface area contributed by atoms with Crippen LogP contribution in [0.5, 0.6) is 0 Å². The minimum absolute atomic E-state index is 0.00277.